The summed E-state index contributed by atoms with van der Waals surface area (Å²) in [5.74, 6) is 1.13. The molecule has 0 amide bonds. The largest absolute Gasteiger partial charge is 0.506 e. The second-order valence-corrected chi connectivity index (χ2v) is 4.54. The molecule has 2 aromatic rings. The Bertz CT molecular complexity index is 565. The van der Waals surface area contributed by atoms with Crippen molar-refractivity contribution in [3.8, 4) is 5.75 Å². The first kappa shape index (κ1) is 11.0. The van der Waals surface area contributed by atoms with Gasteiger partial charge in [0.15, 0.2) is 0 Å². The van der Waals surface area contributed by atoms with Gasteiger partial charge in [0.25, 0.3) is 0 Å². The fourth-order valence-corrected chi connectivity index (χ4v) is 2.21. The van der Waals surface area contributed by atoms with Crippen molar-refractivity contribution < 1.29 is 5.11 Å². The fourth-order valence-electron chi connectivity index (χ4n) is 2.21. The Kier molecular flexibility index (Phi) is 2.64. The van der Waals surface area contributed by atoms with Gasteiger partial charge in [-0.1, -0.05) is 6.07 Å². The van der Waals surface area contributed by atoms with Gasteiger partial charge in [-0.15, -0.1) is 10.2 Å². The first-order valence-corrected chi connectivity index (χ1v) is 5.89. The molecule has 2 heterocycles. The van der Waals surface area contributed by atoms with Gasteiger partial charge in [-0.05, 0) is 17.7 Å². The highest BCUT2D eigenvalue weighted by atomic mass is 16.3. The third-order valence-corrected chi connectivity index (χ3v) is 3.22. The average molecular weight is 245 g/mol. The van der Waals surface area contributed by atoms with Gasteiger partial charge in [0.05, 0.1) is 12.2 Å². The topological polar surface area (TPSA) is 80.2 Å². The van der Waals surface area contributed by atoms with Crippen LogP contribution in [0, 0.1) is 0 Å². The van der Waals surface area contributed by atoms with Crippen LogP contribution in [0.3, 0.4) is 0 Å². The number of nitrogens with zero attached hydrogens (tertiary/aromatic N) is 4. The molecule has 0 atom stereocenters. The molecule has 1 aromatic heterocycles. The zero-order chi connectivity index (χ0) is 12.5. The number of aromatic nitrogens is 3. The smallest absolute Gasteiger partial charge is 0.147 e. The van der Waals surface area contributed by atoms with Crippen molar-refractivity contribution in [2.75, 3.05) is 12.3 Å². The van der Waals surface area contributed by atoms with Gasteiger partial charge in [-0.2, -0.15) is 0 Å². The Morgan fingerprint density at radius 3 is 3.06 bits per heavy atom. The van der Waals surface area contributed by atoms with E-state index in [2.05, 4.69) is 19.7 Å². The van der Waals surface area contributed by atoms with Crippen LogP contribution in [0.4, 0.5) is 5.69 Å². The number of phenolic OH excluding ortho intramolecular Hbond substituents is 1. The second-order valence-electron chi connectivity index (χ2n) is 4.54. The number of hydrogen-bond acceptors (Lipinski definition) is 5. The Hall–Kier alpha value is -2.08. The van der Waals surface area contributed by atoms with Crippen LogP contribution in [0.15, 0.2) is 24.5 Å². The monoisotopic (exact) mass is 245 g/mol. The summed E-state index contributed by atoms with van der Waals surface area (Å²) in [7, 11) is 0. The van der Waals surface area contributed by atoms with Gasteiger partial charge in [0.2, 0.25) is 0 Å². The molecule has 6 nitrogen and oxygen atoms in total. The number of hydrogen-bond donors (Lipinski definition) is 2. The molecular weight excluding hydrogens is 230 g/mol. The molecule has 18 heavy (non-hydrogen) atoms. The lowest BCUT2D eigenvalue weighted by Crippen LogP contribution is -2.33. The molecule has 0 unspecified atom stereocenters. The molecule has 0 saturated heterocycles. The lowest BCUT2D eigenvalue weighted by molar-refractivity contribution is 0.209. The van der Waals surface area contributed by atoms with E-state index in [9.17, 15) is 5.11 Å². The van der Waals surface area contributed by atoms with Gasteiger partial charge in [0.1, 0.15) is 17.9 Å². The van der Waals surface area contributed by atoms with Crippen LogP contribution in [-0.4, -0.2) is 31.3 Å². The van der Waals surface area contributed by atoms with Gasteiger partial charge < -0.3 is 15.4 Å². The second kappa shape index (κ2) is 4.30. The third kappa shape index (κ3) is 2.02. The minimum Gasteiger partial charge on any atom is -0.506 e. The molecule has 0 saturated carbocycles. The normalized spacial score (nSPS) is 15.6. The maximum atomic E-state index is 9.39. The number of nitrogen functional groups attached to an aromatic ring is 1. The van der Waals surface area contributed by atoms with Crippen molar-refractivity contribution in [3.63, 3.8) is 0 Å². The van der Waals surface area contributed by atoms with Crippen LogP contribution >= 0.6 is 0 Å². The first-order chi connectivity index (χ1) is 8.72. The third-order valence-electron chi connectivity index (χ3n) is 3.22. The number of benzene rings is 1. The predicted molar refractivity (Wildman–Crippen MR) is 66.7 cm³/mol. The zero-order valence-corrected chi connectivity index (χ0v) is 9.95. The summed E-state index contributed by atoms with van der Waals surface area (Å²) in [5.41, 5.74) is 7.21. The molecule has 0 aliphatic carbocycles. The average Bonchev–Trinajstić information content (AvgIpc) is 2.81. The molecule has 6 heteroatoms. The van der Waals surface area contributed by atoms with Crippen molar-refractivity contribution in [1.82, 2.24) is 19.7 Å². The molecule has 1 aromatic carbocycles. The maximum absolute atomic E-state index is 9.39. The van der Waals surface area contributed by atoms with Crippen molar-refractivity contribution in [1.29, 1.82) is 0 Å². The summed E-state index contributed by atoms with van der Waals surface area (Å²) in [6, 6.07) is 5.34. The Morgan fingerprint density at radius 1 is 1.33 bits per heavy atom. The van der Waals surface area contributed by atoms with E-state index in [-0.39, 0.29) is 5.75 Å². The molecular formula is C12H15N5O. The number of phenols is 1. The minimum atomic E-state index is 0.136. The molecule has 1 aliphatic heterocycles. The van der Waals surface area contributed by atoms with E-state index in [1.165, 1.54) is 0 Å². The van der Waals surface area contributed by atoms with Crippen molar-refractivity contribution in [2.45, 2.75) is 19.6 Å². The van der Waals surface area contributed by atoms with E-state index in [1.807, 2.05) is 12.1 Å². The summed E-state index contributed by atoms with van der Waals surface area (Å²) >= 11 is 0. The number of fused-ring (bicyclic) bond motifs is 1. The zero-order valence-electron chi connectivity index (χ0n) is 9.95. The Balaban J connectivity index is 1.72. The highest BCUT2D eigenvalue weighted by molar-refractivity contribution is 5.53. The van der Waals surface area contributed by atoms with Gasteiger partial charge in [-0.25, -0.2) is 0 Å². The van der Waals surface area contributed by atoms with E-state index in [0.29, 0.717) is 5.69 Å². The first-order valence-electron chi connectivity index (χ1n) is 5.89. The van der Waals surface area contributed by atoms with E-state index < -0.39 is 0 Å². The van der Waals surface area contributed by atoms with Crippen molar-refractivity contribution >= 4 is 5.69 Å². The summed E-state index contributed by atoms with van der Waals surface area (Å²) in [5, 5.41) is 17.4. The van der Waals surface area contributed by atoms with Crippen LogP contribution in [0.1, 0.15) is 11.4 Å². The summed E-state index contributed by atoms with van der Waals surface area (Å²) < 4.78 is 2.07. The maximum Gasteiger partial charge on any atom is 0.147 e. The van der Waals surface area contributed by atoms with Crippen LogP contribution in [0.5, 0.6) is 5.75 Å². The van der Waals surface area contributed by atoms with Crippen LogP contribution in [0.2, 0.25) is 0 Å². The van der Waals surface area contributed by atoms with Gasteiger partial charge in [0, 0.05) is 19.6 Å². The van der Waals surface area contributed by atoms with Crippen molar-refractivity contribution in [3.05, 3.63) is 35.9 Å². The van der Waals surface area contributed by atoms with Gasteiger partial charge >= 0.3 is 0 Å². The summed E-state index contributed by atoms with van der Waals surface area (Å²) in [4.78, 5) is 2.29. The molecule has 3 rings (SSSR count). The quantitative estimate of drug-likeness (QED) is 0.597. The molecule has 3 N–H and O–H groups in total. The molecule has 0 fully saturated rings. The molecule has 94 valence electrons. The lowest BCUT2D eigenvalue weighted by atomic mass is 10.1. The summed E-state index contributed by atoms with van der Waals surface area (Å²) in [6.45, 7) is 3.47. The number of rotatable bonds is 2. The molecule has 0 bridgehead atoms. The predicted octanol–water partition coefficient (Wildman–Crippen LogP) is 0.582. The molecule has 1 aliphatic rings. The minimum absolute atomic E-state index is 0.136. The highest BCUT2D eigenvalue weighted by Crippen LogP contribution is 2.22. The molecule has 0 spiro atoms. The number of anilines is 1. The Morgan fingerprint density at radius 2 is 2.22 bits per heavy atom. The van der Waals surface area contributed by atoms with E-state index in [4.69, 9.17) is 5.73 Å². The Labute approximate surface area is 105 Å². The summed E-state index contributed by atoms with van der Waals surface area (Å²) in [6.07, 6.45) is 1.77. The van der Waals surface area contributed by atoms with Gasteiger partial charge in [-0.3, -0.25) is 4.90 Å². The van der Waals surface area contributed by atoms with Crippen molar-refractivity contribution in [2.24, 2.45) is 0 Å². The van der Waals surface area contributed by atoms with E-state index >= 15 is 0 Å². The van der Waals surface area contributed by atoms with Crippen LogP contribution < -0.4 is 5.73 Å². The van der Waals surface area contributed by atoms with Crippen LogP contribution in [0.25, 0.3) is 0 Å². The highest BCUT2D eigenvalue weighted by Gasteiger charge is 2.17. The SMILES string of the molecule is Nc1cc(CN2CCn3cnnc3C2)ccc1O. The standard InChI is InChI=1S/C12H15N5O/c13-10-5-9(1-2-11(10)18)6-16-3-4-17-8-14-15-12(17)7-16/h1-2,5,8,18H,3-4,6-7,13H2. The van der Waals surface area contributed by atoms with E-state index in [0.717, 1.165) is 37.6 Å². The van der Waals surface area contributed by atoms with Crippen LogP contribution in [-0.2, 0) is 19.6 Å². The van der Waals surface area contributed by atoms with E-state index in [1.54, 1.807) is 12.4 Å². The lowest BCUT2D eigenvalue weighted by Gasteiger charge is -2.26. The number of aromatic hydroxyl groups is 1. The molecule has 0 radical (unpaired) electrons. The fraction of sp³-hybridized carbons (Fsp3) is 0.333. The number of nitrogens with two attached hydrogens (primary N) is 1.